The van der Waals surface area contributed by atoms with Gasteiger partial charge in [0, 0.05) is 12.2 Å². The molecule has 1 rings (SSSR count). The Kier molecular flexibility index (Phi) is 6.26. The summed E-state index contributed by atoms with van der Waals surface area (Å²) in [6.07, 6.45) is 1.34. The number of anilines is 1. The maximum atomic E-state index is 11.4. The average Bonchev–Trinajstić information content (AvgIpc) is 2.31. The molecule has 0 aliphatic heterocycles. The summed E-state index contributed by atoms with van der Waals surface area (Å²) in [5.74, 6) is 0.443. The number of carbonyl (C=O) groups excluding carboxylic acids is 1. The largest absolute Gasteiger partial charge is 0.466 e. The molecular weight excluding hydrogens is 226 g/mol. The Bertz CT molecular complexity index is 357. The van der Waals surface area contributed by atoms with Gasteiger partial charge in [-0.15, -0.1) is 0 Å². The highest BCUT2D eigenvalue weighted by Gasteiger charge is 2.03. The summed E-state index contributed by atoms with van der Waals surface area (Å²) >= 11 is 0. The smallest absolute Gasteiger partial charge is 0.307 e. The predicted octanol–water partition coefficient (Wildman–Crippen LogP) is 3.39. The molecule has 0 fully saturated rings. The number of carbonyl (C=O) groups is 1. The summed E-state index contributed by atoms with van der Waals surface area (Å²) in [5.41, 5.74) is 2.27. The van der Waals surface area contributed by atoms with Crippen molar-refractivity contribution in [3.8, 4) is 0 Å². The van der Waals surface area contributed by atoms with Crippen molar-refractivity contribution in [2.24, 2.45) is 5.92 Å². The van der Waals surface area contributed by atoms with Crippen LogP contribution in [0.15, 0.2) is 24.3 Å². The molecule has 0 heterocycles. The molecule has 0 saturated carbocycles. The molecule has 0 aliphatic rings. The van der Waals surface area contributed by atoms with Crippen LogP contribution in [0.25, 0.3) is 0 Å². The van der Waals surface area contributed by atoms with Gasteiger partial charge in [-0.1, -0.05) is 31.5 Å². The van der Waals surface area contributed by atoms with E-state index in [0.29, 0.717) is 25.5 Å². The van der Waals surface area contributed by atoms with E-state index < -0.39 is 0 Å². The number of esters is 1. The van der Waals surface area contributed by atoms with Crippen molar-refractivity contribution in [3.05, 3.63) is 29.8 Å². The third-order valence-electron chi connectivity index (χ3n) is 2.67. The summed E-state index contributed by atoms with van der Waals surface area (Å²) in [7, 11) is 0. The van der Waals surface area contributed by atoms with Gasteiger partial charge < -0.3 is 10.1 Å². The number of ether oxygens (including phenoxy) is 1. The lowest BCUT2D eigenvalue weighted by Crippen LogP contribution is -2.12. The van der Waals surface area contributed by atoms with Gasteiger partial charge in [0.2, 0.25) is 0 Å². The Labute approximate surface area is 110 Å². The van der Waals surface area contributed by atoms with Gasteiger partial charge in [0.15, 0.2) is 0 Å². The summed E-state index contributed by atoms with van der Waals surface area (Å²) in [5, 5.41) is 3.20. The summed E-state index contributed by atoms with van der Waals surface area (Å²) in [6, 6.07) is 8.12. The first kappa shape index (κ1) is 14.6. The fourth-order valence-corrected chi connectivity index (χ4v) is 1.46. The molecule has 0 radical (unpaired) electrons. The minimum atomic E-state index is -0.129. The van der Waals surface area contributed by atoms with Crippen molar-refractivity contribution >= 4 is 11.7 Å². The Morgan fingerprint density at radius 3 is 2.56 bits per heavy atom. The van der Waals surface area contributed by atoms with Crippen LogP contribution in [-0.2, 0) is 9.53 Å². The van der Waals surface area contributed by atoms with E-state index in [1.54, 1.807) is 0 Å². The standard InChI is InChI=1S/C15H23NO2/c1-12(2)9-11-18-15(17)8-10-16-14-6-4-13(3)5-7-14/h4-7,12,16H,8-11H2,1-3H3. The van der Waals surface area contributed by atoms with Crippen molar-refractivity contribution in [2.75, 3.05) is 18.5 Å². The molecule has 0 saturated heterocycles. The SMILES string of the molecule is Cc1ccc(NCCC(=O)OCCC(C)C)cc1. The molecule has 1 aromatic carbocycles. The zero-order chi connectivity index (χ0) is 13.4. The number of aryl methyl sites for hydroxylation is 1. The van der Waals surface area contributed by atoms with Gasteiger partial charge in [-0.2, -0.15) is 0 Å². The van der Waals surface area contributed by atoms with E-state index in [2.05, 4.69) is 26.1 Å². The molecule has 0 aliphatic carbocycles. The topological polar surface area (TPSA) is 38.3 Å². The second-order valence-corrected chi connectivity index (χ2v) is 4.95. The lowest BCUT2D eigenvalue weighted by molar-refractivity contribution is -0.143. The number of nitrogens with one attached hydrogen (secondary N) is 1. The minimum Gasteiger partial charge on any atom is -0.466 e. The first-order chi connectivity index (χ1) is 8.58. The zero-order valence-electron chi connectivity index (χ0n) is 11.5. The van der Waals surface area contributed by atoms with Crippen LogP contribution in [0.2, 0.25) is 0 Å². The van der Waals surface area contributed by atoms with Gasteiger partial charge in [0.1, 0.15) is 0 Å². The van der Waals surface area contributed by atoms with Gasteiger partial charge in [-0.05, 0) is 31.4 Å². The molecule has 0 spiro atoms. The van der Waals surface area contributed by atoms with Gasteiger partial charge in [0.25, 0.3) is 0 Å². The van der Waals surface area contributed by atoms with Crippen LogP contribution in [0.4, 0.5) is 5.69 Å². The molecule has 18 heavy (non-hydrogen) atoms. The molecule has 1 aromatic rings. The minimum absolute atomic E-state index is 0.129. The lowest BCUT2D eigenvalue weighted by atomic mass is 10.1. The second kappa shape index (κ2) is 7.75. The number of benzene rings is 1. The molecule has 3 nitrogen and oxygen atoms in total. The fraction of sp³-hybridized carbons (Fsp3) is 0.533. The predicted molar refractivity (Wildman–Crippen MR) is 74.7 cm³/mol. The van der Waals surface area contributed by atoms with Crippen LogP contribution in [0, 0.1) is 12.8 Å². The molecule has 0 atom stereocenters. The molecule has 3 heteroatoms. The third kappa shape index (κ3) is 6.28. The maximum absolute atomic E-state index is 11.4. The molecule has 100 valence electrons. The van der Waals surface area contributed by atoms with Crippen molar-refractivity contribution in [1.82, 2.24) is 0 Å². The van der Waals surface area contributed by atoms with Crippen LogP contribution in [0.3, 0.4) is 0 Å². The maximum Gasteiger partial charge on any atom is 0.307 e. The Balaban J connectivity index is 2.13. The molecule has 0 bridgehead atoms. The Morgan fingerprint density at radius 1 is 1.28 bits per heavy atom. The van der Waals surface area contributed by atoms with E-state index >= 15 is 0 Å². The van der Waals surface area contributed by atoms with Crippen LogP contribution in [0.1, 0.15) is 32.3 Å². The monoisotopic (exact) mass is 249 g/mol. The highest BCUT2D eigenvalue weighted by molar-refractivity contribution is 5.70. The average molecular weight is 249 g/mol. The van der Waals surface area contributed by atoms with Crippen molar-refractivity contribution in [1.29, 1.82) is 0 Å². The molecule has 1 N–H and O–H groups in total. The second-order valence-electron chi connectivity index (χ2n) is 4.95. The van der Waals surface area contributed by atoms with E-state index in [1.807, 2.05) is 24.3 Å². The van der Waals surface area contributed by atoms with E-state index in [4.69, 9.17) is 4.74 Å². The van der Waals surface area contributed by atoms with Crippen LogP contribution < -0.4 is 5.32 Å². The van der Waals surface area contributed by atoms with Crippen molar-refractivity contribution in [2.45, 2.75) is 33.6 Å². The lowest BCUT2D eigenvalue weighted by Gasteiger charge is -2.08. The number of rotatable bonds is 7. The zero-order valence-corrected chi connectivity index (χ0v) is 11.5. The van der Waals surface area contributed by atoms with Gasteiger partial charge in [-0.3, -0.25) is 4.79 Å². The molecular formula is C15H23NO2. The first-order valence-electron chi connectivity index (χ1n) is 6.54. The number of hydrogen-bond acceptors (Lipinski definition) is 3. The normalized spacial score (nSPS) is 10.4. The quantitative estimate of drug-likeness (QED) is 0.753. The van der Waals surface area contributed by atoms with Crippen molar-refractivity contribution in [3.63, 3.8) is 0 Å². The van der Waals surface area contributed by atoms with E-state index in [-0.39, 0.29) is 5.97 Å². The summed E-state index contributed by atoms with van der Waals surface area (Å²) < 4.78 is 5.13. The Hall–Kier alpha value is -1.51. The fourth-order valence-electron chi connectivity index (χ4n) is 1.46. The van der Waals surface area contributed by atoms with Crippen LogP contribution >= 0.6 is 0 Å². The molecule has 0 unspecified atom stereocenters. The molecule has 0 aromatic heterocycles. The summed E-state index contributed by atoms with van der Waals surface area (Å²) in [6.45, 7) is 7.43. The number of hydrogen-bond donors (Lipinski definition) is 1. The summed E-state index contributed by atoms with van der Waals surface area (Å²) in [4.78, 5) is 11.4. The van der Waals surface area contributed by atoms with Gasteiger partial charge >= 0.3 is 5.97 Å². The van der Waals surface area contributed by atoms with E-state index in [1.165, 1.54) is 5.56 Å². The van der Waals surface area contributed by atoms with E-state index in [9.17, 15) is 4.79 Å². The first-order valence-corrected chi connectivity index (χ1v) is 6.54. The van der Waals surface area contributed by atoms with Gasteiger partial charge in [0.05, 0.1) is 13.0 Å². The van der Waals surface area contributed by atoms with Crippen molar-refractivity contribution < 1.29 is 9.53 Å². The van der Waals surface area contributed by atoms with Gasteiger partial charge in [-0.25, -0.2) is 0 Å². The highest BCUT2D eigenvalue weighted by Crippen LogP contribution is 2.08. The van der Waals surface area contributed by atoms with Crippen LogP contribution in [-0.4, -0.2) is 19.1 Å². The highest BCUT2D eigenvalue weighted by atomic mass is 16.5. The third-order valence-corrected chi connectivity index (χ3v) is 2.67. The van der Waals surface area contributed by atoms with Crippen LogP contribution in [0.5, 0.6) is 0 Å². The molecule has 0 amide bonds. The Morgan fingerprint density at radius 2 is 1.94 bits per heavy atom. The van der Waals surface area contributed by atoms with E-state index in [0.717, 1.165) is 12.1 Å².